The second kappa shape index (κ2) is 7.21. The molecule has 0 aliphatic heterocycles. The molecule has 0 amide bonds. The lowest BCUT2D eigenvalue weighted by atomic mass is 10.1. The molecule has 0 heterocycles. The minimum absolute atomic E-state index is 0.0292. The van der Waals surface area contributed by atoms with E-state index in [0.29, 0.717) is 0 Å². The van der Waals surface area contributed by atoms with Gasteiger partial charge in [-0.25, -0.2) is 8.42 Å². The summed E-state index contributed by atoms with van der Waals surface area (Å²) in [5, 5.41) is 8.99. The van der Waals surface area contributed by atoms with Gasteiger partial charge in [0.1, 0.15) is 16.7 Å². The molecule has 0 spiro atoms. The zero-order valence-electron chi connectivity index (χ0n) is 11.6. The Morgan fingerprint density at radius 3 is 2.41 bits per heavy atom. The van der Waals surface area contributed by atoms with E-state index in [-0.39, 0.29) is 5.02 Å². The summed E-state index contributed by atoms with van der Waals surface area (Å²) in [4.78, 5) is 10.4. The second-order valence-corrected chi connectivity index (χ2v) is 6.77. The van der Waals surface area contributed by atoms with Gasteiger partial charge in [-0.1, -0.05) is 25.4 Å². The molecule has 1 aromatic carbocycles. The number of ether oxygens (including phenoxy) is 1. The molecule has 2 N–H and O–H groups in total. The van der Waals surface area contributed by atoms with Crippen LogP contribution in [0.15, 0.2) is 23.1 Å². The molecule has 124 valence electrons. The number of carboxylic acids is 1. The van der Waals surface area contributed by atoms with Crippen LogP contribution in [0.2, 0.25) is 5.02 Å². The van der Waals surface area contributed by atoms with Crippen molar-refractivity contribution in [2.75, 3.05) is 0 Å². The van der Waals surface area contributed by atoms with E-state index in [0.717, 1.165) is 12.1 Å². The number of aliphatic carboxylic acids is 1. The third kappa shape index (κ3) is 4.79. The molecule has 0 aromatic heterocycles. The van der Waals surface area contributed by atoms with Crippen molar-refractivity contribution in [2.45, 2.75) is 31.4 Å². The van der Waals surface area contributed by atoms with E-state index in [1.807, 2.05) is 4.72 Å². The minimum atomic E-state index is -4.42. The first-order valence-electron chi connectivity index (χ1n) is 6.04. The average molecular weight is 358 g/mol. The number of benzene rings is 1. The van der Waals surface area contributed by atoms with E-state index in [1.54, 1.807) is 0 Å². The van der Waals surface area contributed by atoms with Crippen LogP contribution >= 0.6 is 11.6 Å². The maximum Gasteiger partial charge on any atom is 0.387 e. The van der Waals surface area contributed by atoms with E-state index >= 15 is 0 Å². The topological polar surface area (TPSA) is 92.7 Å². The third-order valence-electron chi connectivity index (χ3n) is 2.63. The fourth-order valence-electron chi connectivity index (χ4n) is 1.59. The lowest BCUT2D eigenvalue weighted by Crippen LogP contribution is -2.44. The van der Waals surface area contributed by atoms with E-state index < -0.39 is 45.2 Å². The summed E-state index contributed by atoms with van der Waals surface area (Å²) in [5.41, 5.74) is 0. The molecule has 0 saturated heterocycles. The van der Waals surface area contributed by atoms with E-state index in [4.69, 9.17) is 16.7 Å². The summed E-state index contributed by atoms with van der Waals surface area (Å²) in [6.45, 7) is -0.249. The van der Waals surface area contributed by atoms with Crippen molar-refractivity contribution in [1.29, 1.82) is 0 Å². The Morgan fingerprint density at radius 1 is 1.36 bits per heavy atom. The van der Waals surface area contributed by atoms with Crippen molar-refractivity contribution in [2.24, 2.45) is 5.92 Å². The first-order chi connectivity index (χ1) is 10.0. The van der Waals surface area contributed by atoms with Gasteiger partial charge in [-0.05, 0) is 24.1 Å². The molecule has 1 unspecified atom stereocenters. The molecule has 0 radical (unpaired) electrons. The molecule has 1 atom stereocenters. The van der Waals surface area contributed by atoms with E-state index in [2.05, 4.69) is 4.74 Å². The lowest BCUT2D eigenvalue weighted by molar-refractivity contribution is -0.140. The fraction of sp³-hybridized carbons (Fsp3) is 0.417. The quantitative estimate of drug-likeness (QED) is 0.781. The van der Waals surface area contributed by atoms with Crippen LogP contribution in [0.4, 0.5) is 8.78 Å². The third-order valence-corrected chi connectivity index (χ3v) is 4.32. The van der Waals surface area contributed by atoms with Crippen molar-refractivity contribution >= 4 is 27.6 Å². The summed E-state index contributed by atoms with van der Waals surface area (Å²) in [6, 6.07) is 1.62. The fourth-order valence-corrected chi connectivity index (χ4v) is 3.32. The monoisotopic (exact) mass is 357 g/mol. The van der Waals surface area contributed by atoms with Crippen molar-refractivity contribution in [3.8, 4) is 5.75 Å². The van der Waals surface area contributed by atoms with Crippen LogP contribution in [0.3, 0.4) is 0 Å². The normalized spacial score (nSPS) is 13.4. The maximum absolute atomic E-state index is 12.3. The van der Waals surface area contributed by atoms with Gasteiger partial charge in [-0.2, -0.15) is 13.5 Å². The molecule has 0 aliphatic carbocycles. The number of hydrogen-bond donors (Lipinski definition) is 2. The zero-order chi connectivity index (χ0) is 17.1. The van der Waals surface area contributed by atoms with Crippen molar-refractivity contribution in [1.82, 2.24) is 4.72 Å². The standard InChI is InChI=1S/C12H14ClF2NO5S/c1-6(2)10(11(17)18)16-22(19,20)9-5-7(13)3-4-8(9)21-12(14)15/h3-6,10,12,16H,1-2H3,(H,17,18). The molecular weight excluding hydrogens is 344 g/mol. The summed E-state index contributed by atoms with van der Waals surface area (Å²) >= 11 is 5.67. The van der Waals surface area contributed by atoms with Gasteiger partial charge >= 0.3 is 12.6 Å². The predicted molar refractivity (Wildman–Crippen MR) is 74.7 cm³/mol. The van der Waals surface area contributed by atoms with Crippen molar-refractivity contribution in [3.63, 3.8) is 0 Å². The highest BCUT2D eigenvalue weighted by Crippen LogP contribution is 2.29. The van der Waals surface area contributed by atoms with Crippen molar-refractivity contribution in [3.05, 3.63) is 23.2 Å². The zero-order valence-corrected chi connectivity index (χ0v) is 13.2. The van der Waals surface area contributed by atoms with Crippen LogP contribution in [-0.4, -0.2) is 32.1 Å². The largest absolute Gasteiger partial charge is 0.480 e. The molecule has 0 aliphatic rings. The Morgan fingerprint density at radius 2 is 1.95 bits per heavy atom. The summed E-state index contributed by atoms with van der Waals surface area (Å²) < 4.78 is 55.3. The first kappa shape index (κ1) is 18.6. The predicted octanol–water partition coefficient (Wildman–Crippen LogP) is 2.33. The number of halogens is 3. The number of carbonyl (C=O) groups is 1. The Hall–Kier alpha value is -1.45. The van der Waals surface area contributed by atoms with Gasteiger partial charge in [0.25, 0.3) is 0 Å². The Kier molecular flexibility index (Phi) is 6.09. The van der Waals surface area contributed by atoms with Crippen LogP contribution in [0, 0.1) is 5.92 Å². The second-order valence-electron chi connectivity index (χ2n) is 4.65. The lowest BCUT2D eigenvalue weighted by Gasteiger charge is -2.19. The van der Waals surface area contributed by atoms with Gasteiger partial charge < -0.3 is 9.84 Å². The van der Waals surface area contributed by atoms with Gasteiger partial charge in [-0.3, -0.25) is 4.79 Å². The Bertz CT molecular complexity index is 651. The Labute approximate surface area is 131 Å². The van der Waals surface area contributed by atoms with Crippen molar-refractivity contribution < 1.29 is 31.8 Å². The van der Waals surface area contributed by atoms with Gasteiger partial charge in [0.05, 0.1) is 0 Å². The number of carboxylic acid groups (broad SMARTS) is 1. The highest BCUT2D eigenvalue weighted by atomic mass is 35.5. The minimum Gasteiger partial charge on any atom is -0.480 e. The first-order valence-corrected chi connectivity index (χ1v) is 7.90. The van der Waals surface area contributed by atoms with Crippen LogP contribution in [-0.2, 0) is 14.8 Å². The number of rotatable bonds is 7. The van der Waals surface area contributed by atoms with E-state index in [1.165, 1.54) is 19.9 Å². The van der Waals surface area contributed by atoms with E-state index in [9.17, 15) is 22.0 Å². The molecule has 1 aromatic rings. The smallest absolute Gasteiger partial charge is 0.387 e. The number of alkyl halides is 2. The number of hydrogen-bond acceptors (Lipinski definition) is 4. The van der Waals surface area contributed by atoms with Crippen LogP contribution in [0.25, 0.3) is 0 Å². The SMILES string of the molecule is CC(C)C(NS(=O)(=O)c1cc(Cl)ccc1OC(F)F)C(=O)O. The van der Waals surface area contributed by atoms with Crippen LogP contribution in [0.1, 0.15) is 13.8 Å². The van der Waals surface area contributed by atoms with Gasteiger partial charge in [0.15, 0.2) is 0 Å². The molecule has 22 heavy (non-hydrogen) atoms. The highest BCUT2D eigenvalue weighted by molar-refractivity contribution is 7.89. The van der Waals surface area contributed by atoms with Crippen LogP contribution < -0.4 is 9.46 Å². The summed E-state index contributed by atoms with van der Waals surface area (Å²) in [5.74, 6) is -2.58. The Balaban J connectivity index is 3.27. The summed E-state index contributed by atoms with van der Waals surface area (Å²) in [6.07, 6.45) is 0. The molecule has 0 bridgehead atoms. The molecule has 10 heteroatoms. The number of nitrogens with one attached hydrogen (secondary N) is 1. The molecular formula is C12H14ClF2NO5S. The highest BCUT2D eigenvalue weighted by Gasteiger charge is 2.30. The maximum atomic E-state index is 12.3. The summed E-state index contributed by atoms with van der Waals surface area (Å²) in [7, 11) is -4.42. The average Bonchev–Trinajstić information content (AvgIpc) is 2.37. The molecule has 6 nitrogen and oxygen atoms in total. The number of sulfonamides is 1. The van der Waals surface area contributed by atoms with Gasteiger partial charge in [0.2, 0.25) is 10.0 Å². The van der Waals surface area contributed by atoms with Gasteiger partial charge in [-0.15, -0.1) is 0 Å². The molecule has 0 fully saturated rings. The van der Waals surface area contributed by atoms with Crippen LogP contribution in [0.5, 0.6) is 5.75 Å². The molecule has 0 saturated carbocycles. The van der Waals surface area contributed by atoms with Gasteiger partial charge in [0, 0.05) is 5.02 Å². The molecule has 1 rings (SSSR count).